The van der Waals surface area contributed by atoms with E-state index in [4.69, 9.17) is 9.47 Å². The summed E-state index contributed by atoms with van der Waals surface area (Å²) >= 11 is 0. The van der Waals surface area contributed by atoms with Crippen molar-refractivity contribution >= 4 is 5.57 Å². The largest absolute Gasteiger partial charge is 0.491 e. The SMILES string of the molecule is CCCC(O)c1ccc(C2=CCC(OCc3ccc(-c4ccc(OCC)c(F)c4F)c(F)c3)CC2)c(F)c1F. The van der Waals surface area contributed by atoms with Gasteiger partial charge in [-0.05, 0) is 61.9 Å². The molecule has 0 aromatic heterocycles. The van der Waals surface area contributed by atoms with Crippen molar-refractivity contribution in [3.05, 3.63) is 94.3 Å². The van der Waals surface area contributed by atoms with Gasteiger partial charge in [0.25, 0.3) is 0 Å². The lowest BCUT2D eigenvalue weighted by Crippen LogP contribution is -2.16. The molecule has 0 saturated carbocycles. The maximum absolute atomic E-state index is 14.8. The van der Waals surface area contributed by atoms with Crippen LogP contribution in [0.1, 0.15) is 68.7 Å². The van der Waals surface area contributed by atoms with Crippen molar-refractivity contribution in [1.29, 1.82) is 0 Å². The third-order valence-corrected chi connectivity index (χ3v) is 6.90. The fourth-order valence-corrected chi connectivity index (χ4v) is 4.79. The van der Waals surface area contributed by atoms with Gasteiger partial charge in [-0.25, -0.2) is 17.6 Å². The minimum absolute atomic E-state index is 0.0376. The van der Waals surface area contributed by atoms with Gasteiger partial charge < -0.3 is 14.6 Å². The lowest BCUT2D eigenvalue weighted by Gasteiger charge is -2.23. The van der Waals surface area contributed by atoms with E-state index in [1.165, 1.54) is 36.4 Å². The summed E-state index contributed by atoms with van der Waals surface area (Å²) in [7, 11) is 0. The zero-order chi connectivity index (χ0) is 28.1. The summed E-state index contributed by atoms with van der Waals surface area (Å²) in [6, 6.07) is 9.67. The number of hydrogen-bond donors (Lipinski definition) is 1. The molecule has 8 heteroatoms. The van der Waals surface area contributed by atoms with Gasteiger partial charge in [0.05, 0.1) is 25.4 Å². The van der Waals surface area contributed by atoms with E-state index < -0.39 is 35.2 Å². The summed E-state index contributed by atoms with van der Waals surface area (Å²) < 4.78 is 83.9. The van der Waals surface area contributed by atoms with Gasteiger partial charge in [0.15, 0.2) is 23.2 Å². The topological polar surface area (TPSA) is 38.7 Å². The van der Waals surface area contributed by atoms with Gasteiger partial charge >= 0.3 is 0 Å². The summed E-state index contributed by atoms with van der Waals surface area (Å²) in [5.74, 6) is -5.28. The molecule has 39 heavy (non-hydrogen) atoms. The zero-order valence-electron chi connectivity index (χ0n) is 21.9. The Hall–Kier alpha value is -3.23. The Kier molecular flexibility index (Phi) is 9.40. The van der Waals surface area contributed by atoms with Gasteiger partial charge in [-0.3, -0.25) is 0 Å². The van der Waals surface area contributed by atoms with Crippen molar-refractivity contribution in [1.82, 2.24) is 0 Å². The van der Waals surface area contributed by atoms with Crippen molar-refractivity contribution in [2.24, 2.45) is 0 Å². The first-order valence-corrected chi connectivity index (χ1v) is 13.1. The van der Waals surface area contributed by atoms with E-state index in [2.05, 4.69) is 0 Å². The number of rotatable bonds is 10. The average molecular weight is 547 g/mol. The van der Waals surface area contributed by atoms with Crippen molar-refractivity contribution in [2.75, 3.05) is 6.61 Å². The highest BCUT2D eigenvalue weighted by Gasteiger charge is 2.23. The molecule has 0 aliphatic heterocycles. The van der Waals surface area contributed by atoms with Crippen LogP contribution in [0.2, 0.25) is 0 Å². The standard InChI is InChI=1S/C31H31F5O3/c1-3-5-26(37)24-13-12-21(28(33)30(24)35)19-7-9-20(10-8-19)39-17-18-6-11-22(25(32)16-18)23-14-15-27(38-4-2)31(36)29(23)34/h6-7,11-16,20,26,37H,3-5,8-10,17H2,1-2H3. The Morgan fingerprint density at radius 1 is 0.872 bits per heavy atom. The highest BCUT2D eigenvalue weighted by molar-refractivity contribution is 5.68. The van der Waals surface area contributed by atoms with Crippen LogP contribution in [-0.2, 0) is 11.3 Å². The summed E-state index contributed by atoms with van der Waals surface area (Å²) in [5, 5.41) is 10.1. The Labute approximate surface area is 224 Å². The molecule has 2 unspecified atom stereocenters. The normalized spacial score (nSPS) is 16.2. The molecule has 3 nitrogen and oxygen atoms in total. The first-order valence-electron chi connectivity index (χ1n) is 13.1. The molecular formula is C31H31F5O3. The number of hydrogen-bond acceptors (Lipinski definition) is 3. The minimum Gasteiger partial charge on any atom is -0.491 e. The molecule has 2 atom stereocenters. The summed E-state index contributed by atoms with van der Waals surface area (Å²) in [6.07, 6.45) is 3.05. The van der Waals surface area contributed by atoms with Gasteiger partial charge in [-0.1, -0.05) is 43.7 Å². The molecule has 0 radical (unpaired) electrons. The van der Waals surface area contributed by atoms with Crippen LogP contribution >= 0.6 is 0 Å². The highest BCUT2D eigenvalue weighted by Crippen LogP contribution is 2.35. The molecule has 1 N–H and O–H groups in total. The number of ether oxygens (including phenoxy) is 2. The van der Waals surface area contributed by atoms with Crippen molar-refractivity contribution in [3.63, 3.8) is 0 Å². The third-order valence-electron chi connectivity index (χ3n) is 6.90. The first-order chi connectivity index (χ1) is 18.7. The second-order valence-corrected chi connectivity index (χ2v) is 9.56. The van der Waals surface area contributed by atoms with E-state index in [0.29, 0.717) is 43.2 Å². The minimum atomic E-state index is -1.18. The number of benzene rings is 3. The Morgan fingerprint density at radius 2 is 1.59 bits per heavy atom. The van der Waals surface area contributed by atoms with Gasteiger partial charge in [-0.2, -0.15) is 4.39 Å². The maximum atomic E-state index is 14.8. The quantitative estimate of drug-likeness (QED) is 0.260. The van der Waals surface area contributed by atoms with Crippen LogP contribution in [0.25, 0.3) is 16.7 Å². The van der Waals surface area contributed by atoms with E-state index in [0.717, 1.165) is 0 Å². The number of aliphatic hydroxyl groups is 1. The molecule has 0 fully saturated rings. The molecule has 0 heterocycles. The lowest BCUT2D eigenvalue weighted by molar-refractivity contribution is 0.0358. The monoisotopic (exact) mass is 546 g/mol. The summed E-state index contributed by atoms with van der Waals surface area (Å²) in [4.78, 5) is 0. The maximum Gasteiger partial charge on any atom is 0.201 e. The smallest absolute Gasteiger partial charge is 0.201 e. The Bertz CT molecular complexity index is 1350. The van der Waals surface area contributed by atoms with Gasteiger partial charge in [0.1, 0.15) is 5.82 Å². The summed E-state index contributed by atoms with van der Waals surface area (Å²) in [5.41, 5.74) is 1.04. The molecule has 3 aromatic rings. The van der Waals surface area contributed by atoms with E-state index >= 15 is 0 Å². The number of halogens is 5. The van der Waals surface area contributed by atoms with Crippen LogP contribution in [0.3, 0.4) is 0 Å². The predicted octanol–water partition coefficient (Wildman–Crippen LogP) is 8.43. The predicted molar refractivity (Wildman–Crippen MR) is 140 cm³/mol. The van der Waals surface area contributed by atoms with Crippen molar-refractivity contribution < 1.29 is 36.5 Å². The molecular weight excluding hydrogens is 515 g/mol. The van der Waals surface area contributed by atoms with Crippen LogP contribution in [-0.4, -0.2) is 17.8 Å². The molecule has 0 saturated heterocycles. The molecule has 3 aromatic carbocycles. The molecule has 0 amide bonds. The fraction of sp³-hybridized carbons (Fsp3) is 0.355. The van der Waals surface area contributed by atoms with E-state index in [1.807, 2.05) is 6.92 Å². The van der Waals surface area contributed by atoms with E-state index in [-0.39, 0.29) is 47.3 Å². The van der Waals surface area contributed by atoms with Crippen LogP contribution in [0.15, 0.2) is 48.5 Å². The van der Waals surface area contributed by atoms with Gasteiger partial charge in [0.2, 0.25) is 5.82 Å². The Morgan fingerprint density at radius 3 is 2.26 bits per heavy atom. The molecule has 1 aliphatic carbocycles. The average Bonchev–Trinajstić information content (AvgIpc) is 2.93. The van der Waals surface area contributed by atoms with Crippen LogP contribution in [0.5, 0.6) is 5.75 Å². The second-order valence-electron chi connectivity index (χ2n) is 9.56. The van der Waals surface area contributed by atoms with Crippen LogP contribution in [0.4, 0.5) is 22.0 Å². The first kappa shape index (κ1) is 28.8. The molecule has 1 aliphatic rings. The third kappa shape index (κ3) is 6.34. The van der Waals surface area contributed by atoms with Gasteiger partial charge in [0, 0.05) is 22.3 Å². The van der Waals surface area contributed by atoms with Crippen LogP contribution < -0.4 is 4.74 Å². The lowest BCUT2D eigenvalue weighted by atomic mass is 9.90. The van der Waals surface area contributed by atoms with Crippen molar-refractivity contribution in [3.8, 4) is 16.9 Å². The van der Waals surface area contributed by atoms with Crippen molar-refractivity contribution in [2.45, 2.75) is 64.8 Å². The highest BCUT2D eigenvalue weighted by atomic mass is 19.2. The second kappa shape index (κ2) is 12.7. The van der Waals surface area contributed by atoms with Gasteiger partial charge in [-0.15, -0.1) is 0 Å². The van der Waals surface area contributed by atoms with E-state index in [1.54, 1.807) is 19.1 Å². The molecule has 0 spiro atoms. The zero-order valence-corrected chi connectivity index (χ0v) is 21.9. The molecule has 208 valence electrons. The van der Waals surface area contributed by atoms with Crippen LogP contribution in [0, 0.1) is 29.1 Å². The number of aliphatic hydroxyl groups excluding tert-OH is 1. The molecule has 4 rings (SSSR count). The number of allylic oxidation sites excluding steroid dienone is 1. The van der Waals surface area contributed by atoms with E-state index in [9.17, 15) is 27.1 Å². The molecule has 0 bridgehead atoms. The Balaban J connectivity index is 1.39. The fourth-order valence-electron chi connectivity index (χ4n) is 4.79. The summed E-state index contributed by atoms with van der Waals surface area (Å²) in [6.45, 7) is 3.77.